The zero-order valence-electron chi connectivity index (χ0n) is 10.6. The van der Waals surface area contributed by atoms with Crippen molar-refractivity contribution in [3.05, 3.63) is 45.1 Å². The normalized spacial score (nSPS) is 11.1. The molecular weight excluding hydrogens is 266 g/mol. The van der Waals surface area contributed by atoms with Gasteiger partial charge in [0.05, 0.1) is 6.54 Å². The van der Waals surface area contributed by atoms with Crippen LogP contribution in [0, 0.1) is 6.92 Å². The summed E-state index contributed by atoms with van der Waals surface area (Å²) in [7, 11) is 2.08. The van der Waals surface area contributed by atoms with E-state index in [1.54, 1.807) is 17.4 Å². The van der Waals surface area contributed by atoms with Gasteiger partial charge >= 0.3 is 0 Å². The van der Waals surface area contributed by atoms with Crippen LogP contribution in [0.1, 0.15) is 16.4 Å². The number of hydrogen-bond donors (Lipinski definition) is 0. The molecule has 0 saturated heterocycles. The minimum Gasteiger partial charge on any atom is -0.299 e. The molecule has 2 heterocycles. The molecule has 0 bridgehead atoms. The van der Waals surface area contributed by atoms with Gasteiger partial charge in [-0.25, -0.2) is 9.97 Å². The van der Waals surface area contributed by atoms with Crippen LogP contribution in [0.25, 0.3) is 0 Å². The predicted molar refractivity (Wildman–Crippen MR) is 76.1 cm³/mol. The quantitative estimate of drug-likeness (QED) is 0.788. The second-order valence-corrected chi connectivity index (χ2v) is 5.73. The van der Waals surface area contributed by atoms with Crippen LogP contribution in [0.3, 0.4) is 0 Å². The van der Waals surface area contributed by atoms with E-state index in [4.69, 9.17) is 11.6 Å². The van der Waals surface area contributed by atoms with Gasteiger partial charge in [0.2, 0.25) is 0 Å². The molecule has 0 aliphatic heterocycles. The van der Waals surface area contributed by atoms with Crippen LogP contribution < -0.4 is 0 Å². The zero-order valence-corrected chi connectivity index (χ0v) is 12.1. The molecule has 3 nitrogen and oxygen atoms in total. The highest BCUT2D eigenvalue weighted by Crippen LogP contribution is 2.11. The Morgan fingerprint density at radius 3 is 2.89 bits per heavy atom. The van der Waals surface area contributed by atoms with E-state index in [0.717, 1.165) is 31.0 Å². The summed E-state index contributed by atoms with van der Waals surface area (Å²) in [5, 5.41) is 2.63. The van der Waals surface area contributed by atoms with E-state index < -0.39 is 0 Å². The van der Waals surface area contributed by atoms with Crippen LogP contribution in [0.4, 0.5) is 0 Å². The van der Waals surface area contributed by atoms with Gasteiger partial charge in [-0.15, -0.1) is 11.3 Å². The van der Waals surface area contributed by atoms with Gasteiger partial charge in [0.1, 0.15) is 11.0 Å². The van der Waals surface area contributed by atoms with E-state index in [0.29, 0.717) is 5.15 Å². The first-order valence-corrected chi connectivity index (χ1v) is 7.10. The Morgan fingerprint density at radius 2 is 2.22 bits per heavy atom. The molecular formula is C13H16ClN3S. The van der Waals surface area contributed by atoms with Gasteiger partial charge in [0, 0.05) is 17.1 Å². The van der Waals surface area contributed by atoms with Crippen molar-refractivity contribution in [2.45, 2.75) is 19.9 Å². The smallest absolute Gasteiger partial charge is 0.144 e. The first-order chi connectivity index (χ1) is 8.63. The average Bonchev–Trinajstić information content (AvgIpc) is 2.77. The van der Waals surface area contributed by atoms with Crippen molar-refractivity contribution in [3.63, 3.8) is 0 Å². The molecule has 0 aliphatic carbocycles. The number of thiophene rings is 1. The number of hydrogen-bond acceptors (Lipinski definition) is 4. The van der Waals surface area contributed by atoms with E-state index in [-0.39, 0.29) is 0 Å². The lowest BCUT2D eigenvalue weighted by Gasteiger charge is -2.15. The summed E-state index contributed by atoms with van der Waals surface area (Å²) < 4.78 is 0. The third-order valence-corrected chi connectivity index (χ3v) is 3.73. The van der Waals surface area contributed by atoms with Gasteiger partial charge in [-0.1, -0.05) is 17.7 Å². The molecule has 0 spiro atoms. The highest BCUT2D eigenvalue weighted by Gasteiger charge is 2.05. The summed E-state index contributed by atoms with van der Waals surface area (Å²) in [6.07, 6.45) is 1.06. The fourth-order valence-electron chi connectivity index (χ4n) is 1.74. The Labute approximate surface area is 116 Å². The number of rotatable bonds is 5. The summed E-state index contributed by atoms with van der Waals surface area (Å²) in [6.45, 7) is 3.66. The van der Waals surface area contributed by atoms with Crippen molar-refractivity contribution >= 4 is 22.9 Å². The lowest BCUT2D eigenvalue weighted by atomic mass is 10.3. The molecule has 0 radical (unpaired) electrons. The molecule has 2 aromatic heterocycles. The summed E-state index contributed by atoms with van der Waals surface area (Å²) in [6, 6.07) is 6.03. The molecule has 2 rings (SSSR count). The minimum atomic E-state index is 0.518. The third-order valence-electron chi connectivity index (χ3n) is 2.60. The molecule has 2 aromatic rings. The van der Waals surface area contributed by atoms with Crippen LogP contribution in [0.5, 0.6) is 0 Å². The van der Waals surface area contributed by atoms with Crippen molar-refractivity contribution in [1.29, 1.82) is 0 Å². The Morgan fingerprint density at radius 1 is 1.39 bits per heavy atom. The van der Waals surface area contributed by atoms with Crippen molar-refractivity contribution < 1.29 is 0 Å². The topological polar surface area (TPSA) is 29.0 Å². The zero-order chi connectivity index (χ0) is 13.0. The third kappa shape index (κ3) is 4.05. The van der Waals surface area contributed by atoms with Gasteiger partial charge in [0.25, 0.3) is 0 Å². The van der Waals surface area contributed by atoms with Crippen molar-refractivity contribution in [2.24, 2.45) is 0 Å². The highest BCUT2D eigenvalue weighted by molar-refractivity contribution is 7.09. The number of nitrogens with zero attached hydrogens (tertiary/aromatic N) is 3. The Balaban J connectivity index is 1.88. The van der Waals surface area contributed by atoms with E-state index in [1.807, 2.05) is 6.92 Å². The van der Waals surface area contributed by atoms with Crippen LogP contribution >= 0.6 is 22.9 Å². The van der Waals surface area contributed by atoms with Gasteiger partial charge in [-0.2, -0.15) is 0 Å². The summed E-state index contributed by atoms with van der Waals surface area (Å²) >= 11 is 7.72. The van der Waals surface area contributed by atoms with Crippen LogP contribution in [0.15, 0.2) is 23.6 Å². The van der Waals surface area contributed by atoms with Crippen molar-refractivity contribution in [2.75, 3.05) is 13.6 Å². The fraction of sp³-hybridized carbons (Fsp3) is 0.385. The molecule has 5 heteroatoms. The lowest BCUT2D eigenvalue weighted by molar-refractivity contribution is 0.323. The van der Waals surface area contributed by atoms with Gasteiger partial charge in [-0.3, -0.25) is 4.90 Å². The van der Waals surface area contributed by atoms with E-state index in [1.165, 1.54) is 4.88 Å². The average molecular weight is 282 g/mol. The maximum absolute atomic E-state index is 5.92. The molecule has 0 amide bonds. The number of aryl methyl sites for hydroxylation is 1. The minimum absolute atomic E-state index is 0.518. The summed E-state index contributed by atoms with van der Waals surface area (Å²) in [4.78, 5) is 12.2. The Bertz CT molecular complexity index is 479. The summed E-state index contributed by atoms with van der Waals surface area (Å²) in [5.41, 5.74) is 0.914. The molecule has 0 unspecified atom stereocenters. The molecule has 0 aromatic carbocycles. The van der Waals surface area contributed by atoms with E-state index in [2.05, 4.69) is 39.4 Å². The van der Waals surface area contributed by atoms with Crippen LogP contribution in [0.2, 0.25) is 5.15 Å². The maximum Gasteiger partial charge on any atom is 0.144 e. The Kier molecular flexibility index (Phi) is 4.69. The van der Waals surface area contributed by atoms with E-state index >= 15 is 0 Å². The van der Waals surface area contributed by atoms with Crippen molar-refractivity contribution in [3.8, 4) is 0 Å². The van der Waals surface area contributed by atoms with Crippen LogP contribution in [-0.2, 0) is 13.0 Å². The molecule has 0 N–H and O–H groups in total. The maximum atomic E-state index is 5.92. The molecule has 0 aliphatic rings. The van der Waals surface area contributed by atoms with Crippen LogP contribution in [-0.4, -0.2) is 28.5 Å². The second kappa shape index (κ2) is 6.27. The second-order valence-electron chi connectivity index (χ2n) is 4.32. The molecule has 0 atom stereocenters. The molecule has 18 heavy (non-hydrogen) atoms. The number of likely N-dealkylation sites (N-methyl/N-ethyl adjacent to an activating group) is 1. The first-order valence-electron chi connectivity index (χ1n) is 5.84. The van der Waals surface area contributed by atoms with E-state index in [9.17, 15) is 0 Å². The van der Waals surface area contributed by atoms with Gasteiger partial charge < -0.3 is 0 Å². The number of aromatic nitrogens is 2. The van der Waals surface area contributed by atoms with Crippen molar-refractivity contribution in [1.82, 2.24) is 14.9 Å². The molecule has 0 fully saturated rings. The van der Waals surface area contributed by atoms with Gasteiger partial charge in [0.15, 0.2) is 0 Å². The Hall–Kier alpha value is -0.970. The number of halogens is 1. The molecule has 96 valence electrons. The monoisotopic (exact) mass is 281 g/mol. The largest absolute Gasteiger partial charge is 0.299 e. The highest BCUT2D eigenvalue weighted by atomic mass is 35.5. The molecule has 0 saturated carbocycles. The van der Waals surface area contributed by atoms with Gasteiger partial charge in [-0.05, 0) is 37.9 Å². The SMILES string of the molecule is Cc1cc(Cl)nc(CN(C)CCc2cccs2)n1. The predicted octanol–water partition coefficient (Wildman–Crippen LogP) is 3.17. The first kappa shape index (κ1) is 13.5. The fourth-order valence-corrected chi connectivity index (χ4v) is 2.69. The standard InChI is InChI=1S/C13H16ClN3S/c1-10-8-12(14)16-13(15-10)9-17(2)6-5-11-4-3-7-18-11/h3-4,7-8H,5-6,9H2,1-2H3. The lowest BCUT2D eigenvalue weighted by Crippen LogP contribution is -2.22. The summed E-state index contributed by atoms with van der Waals surface area (Å²) in [5.74, 6) is 0.786.